The van der Waals surface area contributed by atoms with Crippen molar-refractivity contribution in [1.29, 1.82) is 0 Å². The van der Waals surface area contributed by atoms with Gasteiger partial charge in [-0.15, -0.1) is 0 Å². The molecule has 1 aliphatic carbocycles. The number of hydrogen-bond donors (Lipinski definition) is 1. The molecule has 4 heterocycles. The Morgan fingerprint density at radius 1 is 1.08 bits per heavy atom. The third-order valence-corrected chi connectivity index (χ3v) is 8.55. The number of hydrogen-bond acceptors (Lipinski definition) is 5. The molecular formula is C27H30Cl2N6O. The molecule has 1 N–H and O–H groups in total. The van der Waals surface area contributed by atoms with Crippen molar-refractivity contribution in [3.63, 3.8) is 0 Å². The zero-order valence-electron chi connectivity index (χ0n) is 20.5. The van der Waals surface area contributed by atoms with Crippen molar-refractivity contribution in [2.45, 2.75) is 64.1 Å². The van der Waals surface area contributed by atoms with E-state index in [1.54, 1.807) is 6.20 Å². The Labute approximate surface area is 220 Å². The molecule has 6 rings (SSSR count). The number of rotatable bonds is 6. The molecule has 1 aromatic carbocycles. The fraction of sp³-hybridized carbons (Fsp3) is 0.444. The summed E-state index contributed by atoms with van der Waals surface area (Å²) in [6, 6.07) is 7.18. The number of nitrogens with one attached hydrogen (secondary N) is 1. The maximum absolute atomic E-state index is 6.49. The third kappa shape index (κ3) is 4.38. The van der Waals surface area contributed by atoms with Crippen molar-refractivity contribution in [1.82, 2.24) is 29.9 Å². The van der Waals surface area contributed by atoms with E-state index in [4.69, 9.17) is 33.0 Å². The number of nitrogens with zero attached hydrogens (tertiary/aromatic N) is 5. The van der Waals surface area contributed by atoms with Gasteiger partial charge in [0.15, 0.2) is 0 Å². The Morgan fingerprint density at radius 3 is 2.64 bits per heavy atom. The molecule has 36 heavy (non-hydrogen) atoms. The molecule has 1 unspecified atom stereocenters. The average Bonchev–Trinajstić information content (AvgIpc) is 3.48. The summed E-state index contributed by atoms with van der Waals surface area (Å²) in [6.45, 7) is 6.13. The van der Waals surface area contributed by atoms with Gasteiger partial charge in [-0.25, -0.2) is 0 Å². The van der Waals surface area contributed by atoms with Gasteiger partial charge in [0, 0.05) is 48.0 Å². The van der Waals surface area contributed by atoms with Gasteiger partial charge < -0.3 is 9.64 Å². The summed E-state index contributed by atoms with van der Waals surface area (Å²) in [5.74, 6) is 0.718. The van der Waals surface area contributed by atoms with E-state index in [0.29, 0.717) is 16.1 Å². The van der Waals surface area contributed by atoms with Crippen LogP contribution in [-0.4, -0.2) is 49.0 Å². The summed E-state index contributed by atoms with van der Waals surface area (Å²) < 4.78 is 8.40. The SMILES string of the molecule is Cc1ncc(Cl)c(C(C)Oc2ccc3[nH]nc(-c4cnn(C5CCN(C6CCC6)CC5)c4)c3c2)c1Cl. The predicted octanol–water partition coefficient (Wildman–Crippen LogP) is 6.77. The van der Waals surface area contributed by atoms with Gasteiger partial charge in [-0.2, -0.15) is 10.2 Å². The fourth-order valence-corrected chi connectivity index (χ4v) is 6.08. The Hall–Kier alpha value is -2.61. The van der Waals surface area contributed by atoms with Crippen LogP contribution in [0.4, 0.5) is 0 Å². The summed E-state index contributed by atoms with van der Waals surface area (Å²) in [4.78, 5) is 6.89. The number of aromatic amines is 1. The number of fused-ring (bicyclic) bond motifs is 1. The molecule has 3 aromatic heterocycles. The van der Waals surface area contributed by atoms with Gasteiger partial charge >= 0.3 is 0 Å². The smallest absolute Gasteiger partial charge is 0.124 e. The zero-order valence-corrected chi connectivity index (χ0v) is 22.1. The van der Waals surface area contributed by atoms with Crippen molar-refractivity contribution in [2.75, 3.05) is 13.1 Å². The van der Waals surface area contributed by atoms with E-state index >= 15 is 0 Å². The first-order valence-corrected chi connectivity index (χ1v) is 13.5. The number of piperidine rings is 1. The van der Waals surface area contributed by atoms with Crippen LogP contribution in [0.5, 0.6) is 5.75 Å². The van der Waals surface area contributed by atoms with Crippen molar-refractivity contribution in [3.8, 4) is 17.0 Å². The van der Waals surface area contributed by atoms with Gasteiger partial charge in [-0.1, -0.05) is 29.6 Å². The highest BCUT2D eigenvalue weighted by Crippen LogP contribution is 2.36. The molecule has 188 valence electrons. The lowest BCUT2D eigenvalue weighted by Crippen LogP contribution is -2.45. The molecule has 1 saturated heterocycles. The monoisotopic (exact) mass is 524 g/mol. The molecule has 2 aliphatic rings. The minimum atomic E-state index is -0.340. The largest absolute Gasteiger partial charge is 0.486 e. The van der Waals surface area contributed by atoms with Crippen LogP contribution in [0.25, 0.3) is 22.2 Å². The van der Waals surface area contributed by atoms with Crippen LogP contribution < -0.4 is 4.74 Å². The predicted molar refractivity (Wildman–Crippen MR) is 143 cm³/mol. The number of ether oxygens (including phenoxy) is 1. The highest BCUT2D eigenvalue weighted by molar-refractivity contribution is 6.36. The van der Waals surface area contributed by atoms with E-state index in [0.717, 1.165) is 58.1 Å². The van der Waals surface area contributed by atoms with E-state index in [1.165, 1.54) is 32.4 Å². The van der Waals surface area contributed by atoms with Crippen LogP contribution in [0, 0.1) is 6.92 Å². The highest BCUT2D eigenvalue weighted by atomic mass is 35.5. The third-order valence-electron chi connectivity index (χ3n) is 7.78. The lowest BCUT2D eigenvalue weighted by atomic mass is 9.89. The summed E-state index contributed by atoms with van der Waals surface area (Å²) in [6.07, 6.45) is 11.8. The molecule has 7 nitrogen and oxygen atoms in total. The number of benzene rings is 1. The Kier molecular flexibility index (Phi) is 6.40. The van der Waals surface area contributed by atoms with Crippen molar-refractivity contribution >= 4 is 34.1 Å². The van der Waals surface area contributed by atoms with E-state index in [2.05, 4.69) is 31.0 Å². The first-order chi connectivity index (χ1) is 17.5. The van der Waals surface area contributed by atoms with Crippen molar-refractivity contribution in [2.24, 2.45) is 0 Å². The molecule has 4 aromatic rings. The molecule has 0 radical (unpaired) electrons. The maximum Gasteiger partial charge on any atom is 0.124 e. The molecule has 0 spiro atoms. The summed E-state index contributed by atoms with van der Waals surface area (Å²) in [5, 5.41) is 14.5. The minimum absolute atomic E-state index is 0.340. The lowest BCUT2D eigenvalue weighted by molar-refractivity contribution is 0.0842. The second-order valence-corrected chi connectivity index (χ2v) is 10.8. The number of H-pyrrole nitrogens is 1. The number of pyridine rings is 1. The Morgan fingerprint density at radius 2 is 1.89 bits per heavy atom. The molecule has 1 aliphatic heterocycles. The molecule has 2 fully saturated rings. The summed E-state index contributed by atoms with van der Waals surface area (Å²) in [7, 11) is 0. The van der Waals surface area contributed by atoms with Crippen LogP contribution in [0.3, 0.4) is 0 Å². The molecule has 0 bridgehead atoms. The van der Waals surface area contributed by atoms with E-state index in [9.17, 15) is 0 Å². The van der Waals surface area contributed by atoms with E-state index in [1.807, 2.05) is 38.2 Å². The summed E-state index contributed by atoms with van der Waals surface area (Å²) in [5.41, 5.74) is 4.29. The number of halogens is 2. The number of aromatic nitrogens is 5. The quantitative estimate of drug-likeness (QED) is 0.301. The van der Waals surface area contributed by atoms with Gasteiger partial charge in [-0.05, 0) is 57.7 Å². The molecule has 9 heteroatoms. The van der Waals surface area contributed by atoms with Crippen LogP contribution >= 0.6 is 23.2 Å². The second kappa shape index (κ2) is 9.69. The van der Waals surface area contributed by atoms with Crippen LogP contribution in [0.2, 0.25) is 10.0 Å². The molecular weight excluding hydrogens is 495 g/mol. The maximum atomic E-state index is 6.49. The summed E-state index contributed by atoms with van der Waals surface area (Å²) >= 11 is 12.9. The Bertz CT molecular complexity index is 1390. The fourth-order valence-electron chi connectivity index (χ4n) is 5.43. The van der Waals surface area contributed by atoms with Gasteiger partial charge in [0.1, 0.15) is 17.5 Å². The van der Waals surface area contributed by atoms with Gasteiger partial charge in [0.25, 0.3) is 0 Å². The first kappa shape index (κ1) is 23.8. The molecule has 1 atom stereocenters. The average molecular weight is 525 g/mol. The topological polar surface area (TPSA) is 71.9 Å². The zero-order chi connectivity index (χ0) is 24.8. The van der Waals surface area contributed by atoms with Crippen molar-refractivity contribution in [3.05, 3.63) is 58.1 Å². The number of aryl methyl sites for hydroxylation is 1. The van der Waals surface area contributed by atoms with Crippen LogP contribution in [-0.2, 0) is 0 Å². The van der Waals surface area contributed by atoms with Crippen LogP contribution in [0.15, 0.2) is 36.8 Å². The first-order valence-electron chi connectivity index (χ1n) is 12.7. The van der Waals surface area contributed by atoms with Gasteiger partial charge in [0.2, 0.25) is 0 Å². The van der Waals surface area contributed by atoms with Gasteiger partial charge in [-0.3, -0.25) is 14.8 Å². The minimum Gasteiger partial charge on any atom is -0.486 e. The van der Waals surface area contributed by atoms with Crippen LogP contribution in [0.1, 0.15) is 62.4 Å². The molecule has 1 saturated carbocycles. The van der Waals surface area contributed by atoms with E-state index < -0.39 is 0 Å². The number of likely N-dealkylation sites (tertiary alicyclic amines) is 1. The standard InChI is InChI=1S/C27H30Cl2N6O/c1-16-26(29)25(23(28)14-30-16)17(2)36-21-6-7-24-22(12-21)27(33-32-24)18-13-31-35(15-18)20-8-10-34(11-9-20)19-4-3-5-19/h6-7,12-15,17,19-20H,3-5,8-11H2,1-2H3,(H,32,33). The Balaban J connectivity index is 1.21. The normalized spacial score (nSPS) is 18.4. The van der Waals surface area contributed by atoms with Gasteiger partial charge in [0.05, 0.1) is 33.5 Å². The molecule has 0 amide bonds. The van der Waals surface area contributed by atoms with Crippen molar-refractivity contribution < 1.29 is 4.74 Å². The van der Waals surface area contributed by atoms with E-state index in [-0.39, 0.29) is 6.10 Å². The highest BCUT2D eigenvalue weighted by Gasteiger charge is 2.29. The second-order valence-electron chi connectivity index (χ2n) is 10.0. The lowest BCUT2D eigenvalue weighted by Gasteiger charge is -2.41.